The first-order valence-corrected chi connectivity index (χ1v) is 12.6. The predicted octanol–water partition coefficient (Wildman–Crippen LogP) is 4.96. The average molecular weight is 471 g/mol. The molecule has 0 radical (unpaired) electrons. The maximum atomic E-state index is 12.9. The van der Waals surface area contributed by atoms with E-state index in [-0.39, 0.29) is 11.7 Å². The quantitative estimate of drug-likeness (QED) is 0.511. The molecule has 1 saturated heterocycles. The lowest BCUT2D eigenvalue weighted by atomic mass is 10.1. The number of halogens is 1. The molecule has 32 heavy (non-hydrogen) atoms. The molecule has 1 aliphatic rings. The van der Waals surface area contributed by atoms with Crippen LogP contribution in [0.4, 0.5) is 5.69 Å². The Kier molecular flexibility index (Phi) is 7.01. The van der Waals surface area contributed by atoms with Crippen molar-refractivity contribution in [3.05, 3.63) is 87.8 Å². The Morgan fingerprint density at radius 1 is 1.00 bits per heavy atom. The standard InChI is InChI=1S/C25H27ClN2O3S/c1-18-5-3-8-23(19(18)2)27-11-13-28(14-12-27)25(29)24-10-9-22(31-24)17-32(30)16-20-6-4-7-21(26)15-20/h3-10,15H,11-14,16-17H2,1-2H3/t32-/m0/s1. The topological polar surface area (TPSA) is 53.8 Å². The van der Waals surface area contributed by atoms with Crippen LogP contribution in [0.15, 0.2) is 59.0 Å². The van der Waals surface area contributed by atoms with Crippen molar-refractivity contribution in [1.29, 1.82) is 0 Å². The van der Waals surface area contributed by atoms with Crippen LogP contribution in [0.1, 0.15) is 33.0 Å². The molecular weight excluding hydrogens is 444 g/mol. The van der Waals surface area contributed by atoms with E-state index in [0.29, 0.717) is 35.4 Å². The van der Waals surface area contributed by atoms with E-state index in [1.807, 2.05) is 23.1 Å². The van der Waals surface area contributed by atoms with Gasteiger partial charge in [-0.05, 0) is 60.9 Å². The van der Waals surface area contributed by atoms with Gasteiger partial charge in [-0.3, -0.25) is 9.00 Å². The summed E-state index contributed by atoms with van der Waals surface area (Å²) in [5.41, 5.74) is 4.71. The van der Waals surface area contributed by atoms with E-state index < -0.39 is 10.8 Å². The summed E-state index contributed by atoms with van der Waals surface area (Å²) in [6.45, 7) is 7.12. The summed E-state index contributed by atoms with van der Waals surface area (Å²) >= 11 is 6.00. The molecule has 7 heteroatoms. The molecule has 0 unspecified atom stereocenters. The molecule has 1 fully saturated rings. The number of nitrogens with zero attached hydrogens (tertiary/aromatic N) is 2. The van der Waals surface area contributed by atoms with Gasteiger partial charge in [0.1, 0.15) is 5.76 Å². The van der Waals surface area contributed by atoms with Gasteiger partial charge in [-0.2, -0.15) is 0 Å². The molecule has 5 nitrogen and oxygen atoms in total. The van der Waals surface area contributed by atoms with Crippen LogP contribution in [0.2, 0.25) is 5.02 Å². The second-order valence-corrected chi connectivity index (χ2v) is 10.0. The Labute approximate surface area is 196 Å². The Balaban J connectivity index is 1.33. The van der Waals surface area contributed by atoms with Crippen molar-refractivity contribution in [2.24, 2.45) is 0 Å². The minimum Gasteiger partial charge on any atom is -0.455 e. The van der Waals surface area contributed by atoms with Crippen molar-refractivity contribution in [2.75, 3.05) is 31.1 Å². The maximum Gasteiger partial charge on any atom is 0.289 e. The van der Waals surface area contributed by atoms with Crippen LogP contribution in [-0.2, 0) is 22.3 Å². The molecule has 1 atom stereocenters. The van der Waals surface area contributed by atoms with Crippen LogP contribution in [0.25, 0.3) is 0 Å². The van der Waals surface area contributed by atoms with Crippen LogP contribution < -0.4 is 4.90 Å². The molecule has 0 N–H and O–H groups in total. The highest BCUT2D eigenvalue weighted by Gasteiger charge is 2.25. The monoisotopic (exact) mass is 470 g/mol. The van der Waals surface area contributed by atoms with E-state index >= 15 is 0 Å². The molecule has 0 aliphatic carbocycles. The van der Waals surface area contributed by atoms with Crippen LogP contribution in [0.3, 0.4) is 0 Å². The zero-order valence-corrected chi connectivity index (χ0v) is 19.9. The summed E-state index contributed by atoms with van der Waals surface area (Å²) in [4.78, 5) is 17.1. The van der Waals surface area contributed by atoms with Crippen molar-refractivity contribution in [2.45, 2.75) is 25.4 Å². The third kappa shape index (κ3) is 5.25. The number of anilines is 1. The fourth-order valence-corrected chi connectivity index (χ4v) is 5.32. The molecular formula is C25H27ClN2O3S. The minimum atomic E-state index is -1.15. The number of furan rings is 1. The lowest BCUT2D eigenvalue weighted by Crippen LogP contribution is -2.49. The van der Waals surface area contributed by atoms with E-state index in [0.717, 1.165) is 18.7 Å². The predicted molar refractivity (Wildman–Crippen MR) is 130 cm³/mol. The van der Waals surface area contributed by atoms with Gasteiger partial charge >= 0.3 is 0 Å². The molecule has 4 rings (SSSR count). The largest absolute Gasteiger partial charge is 0.455 e. The number of rotatable bonds is 6. The zero-order valence-electron chi connectivity index (χ0n) is 18.3. The molecule has 1 aromatic heterocycles. The van der Waals surface area contributed by atoms with Crippen LogP contribution >= 0.6 is 11.6 Å². The maximum absolute atomic E-state index is 12.9. The zero-order chi connectivity index (χ0) is 22.7. The second-order valence-electron chi connectivity index (χ2n) is 8.12. The number of benzene rings is 2. The first kappa shape index (κ1) is 22.6. The highest BCUT2D eigenvalue weighted by atomic mass is 35.5. The highest BCUT2D eigenvalue weighted by molar-refractivity contribution is 7.83. The van der Waals surface area contributed by atoms with Crippen LogP contribution in [-0.4, -0.2) is 41.2 Å². The van der Waals surface area contributed by atoms with Gasteiger partial charge in [-0.25, -0.2) is 0 Å². The third-order valence-electron chi connectivity index (χ3n) is 5.88. The third-order valence-corrected chi connectivity index (χ3v) is 7.37. The van der Waals surface area contributed by atoms with Gasteiger partial charge in [0.2, 0.25) is 0 Å². The smallest absolute Gasteiger partial charge is 0.289 e. The van der Waals surface area contributed by atoms with E-state index in [9.17, 15) is 9.00 Å². The fourth-order valence-electron chi connectivity index (χ4n) is 3.98. The van der Waals surface area contributed by atoms with Gasteiger partial charge < -0.3 is 14.2 Å². The Morgan fingerprint density at radius 2 is 1.75 bits per heavy atom. The first-order valence-electron chi connectivity index (χ1n) is 10.7. The lowest BCUT2D eigenvalue weighted by molar-refractivity contribution is 0.0713. The molecule has 0 bridgehead atoms. The average Bonchev–Trinajstić information content (AvgIpc) is 3.23. The summed E-state index contributed by atoms with van der Waals surface area (Å²) < 4.78 is 18.3. The van der Waals surface area contributed by atoms with Crippen molar-refractivity contribution < 1.29 is 13.4 Å². The summed E-state index contributed by atoms with van der Waals surface area (Å²) in [5.74, 6) is 1.41. The fraction of sp³-hybridized carbons (Fsp3) is 0.320. The number of hydrogen-bond acceptors (Lipinski definition) is 4. The van der Waals surface area contributed by atoms with Gasteiger partial charge in [0.15, 0.2) is 5.76 Å². The van der Waals surface area contributed by atoms with Gasteiger partial charge in [-0.1, -0.05) is 35.9 Å². The Morgan fingerprint density at radius 3 is 2.50 bits per heavy atom. The summed E-state index contributed by atoms with van der Waals surface area (Å²) in [6.07, 6.45) is 0. The minimum absolute atomic E-state index is 0.113. The molecule has 1 amide bonds. The van der Waals surface area contributed by atoms with Gasteiger partial charge in [0.05, 0.1) is 5.75 Å². The van der Waals surface area contributed by atoms with Gasteiger partial charge in [0.25, 0.3) is 5.91 Å². The van der Waals surface area contributed by atoms with E-state index in [2.05, 4.69) is 36.9 Å². The molecule has 0 saturated carbocycles. The van der Waals surface area contributed by atoms with E-state index in [1.54, 1.807) is 18.2 Å². The number of aryl methyl sites for hydroxylation is 1. The molecule has 1 aliphatic heterocycles. The summed E-state index contributed by atoms with van der Waals surface area (Å²) in [6, 6.07) is 17.1. The van der Waals surface area contributed by atoms with Gasteiger partial charge in [-0.15, -0.1) is 0 Å². The first-order chi connectivity index (χ1) is 15.4. The van der Waals surface area contributed by atoms with Crippen LogP contribution in [0, 0.1) is 13.8 Å². The summed E-state index contributed by atoms with van der Waals surface area (Å²) in [7, 11) is -1.15. The number of amides is 1. The van der Waals surface area contributed by atoms with Crippen LogP contribution in [0.5, 0.6) is 0 Å². The molecule has 2 heterocycles. The number of hydrogen-bond donors (Lipinski definition) is 0. The molecule has 168 valence electrons. The van der Waals surface area contributed by atoms with Gasteiger partial charge in [0, 0.05) is 53.4 Å². The number of carbonyl (C=O) groups excluding carboxylic acids is 1. The van der Waals surface area contributed by atoms with E-state index in [4.69, 9.17) is 16.0 Å². The SMILES string of the molecule is Cc1cccc(N2CCN(C(=O)c3ccc(C[S@@](=O)Cc4cccc(Cl)c4)o3)CC2)c1C. The molecule has 0 spiro atoms. The second kappa shape index (κ2) is 9.92. The lowest BCUT2D eigenvalue weighted by Gasteiger charge is -2.36. The van der Waals surface area contributed by atoms with Crippen molar-refractivity contribution in [3.63, 3.8) is 0 Å². The van der Waals surface area contributed by atoms with Crippen molar-refractivity contribution in [3.8, 4) is 0 Å². The van der Waals surface area contributed by atoms with Crippen molar-refractivity contribution >= 4 is 34.0 Å². The normalized spacial score (nSPS) is 15.1. The number of carbonyl (C=O) groups is 1. The Hall–Kier alpha value is -2.57. The highest BCUT2D eigenvalue weighted by Crippen LogP contribution is 2.24. The van der Waals surface area contributed by atoms with E-state index in [1.165, 1.54) is 16.8 Å². The molecule has 3 aromatic rings. The van der Waals surface area contributed by atoms with Crippen molar-refractivity contribution in [1.82, 2.24) is 4.90 Å². The summed E-state index contributed by atoms with van der Waals surface area (Å²) in [5, 5.41) is 0.628. The number of piperazine rings is 1. The molecule has 2 aromatic carbocycles. The Bertz CT molecular complexity index is 1140.